The molecule has 0 aromatic heterocycles. The van der Waals surface area contributed by atoms with Gasteiger partial charge in [-0.25, -0.2) is 9.59 Å². The first-order valence-corrected chi connectivity index (χ1v) is 15.4. The van der Waals surface area contributed by atoms with Crippen LogP contribution in [0.1, 0.15) is 41.5 Å². The maximum atomic E-state index is 11.8. The number of thioether (sulfide) groups is 2. The fourth-order valence-corrected chi connectivity index (χ4v) is 5.04. The number of piperazine rings is 1. The van der Waals surface area contributed by atoms with Crippen molar-refractivity contribution in [2.75, 3.05) is 95.5 Å². The predicted molar refractivity (Wildman–Crippen MR) is 154 cm³/mol. The van der Waals surface area contributed by atoms with E-state index < -0.39 is 11.2 Å². The third kappa shape index (κ3) is 19.3. The van der Waals surface area contributed by atoms with E-state index in [9.17, 15) is 9.59 Å². The van der Waals surface area contributed by atoms with E-state index in [0.29, 0.717) is 13.1 Å². The van der Waals surface area contributed by atoms with E-state index in [0.717, 1.165) is 75.4 Å². The molecule has 0 aliphatic carbocycles. The van der Waals surface area contributed by atoms with E-state index in [4.69, 9.17) is 9.47 Å². The number of alkyl carbamates (subject to hydrolysis) is 2. The van der Waals surface area contributed by atoms with Gasteiger partial charge in [-0.2, -0.15) is 23.5 Å². The monoisotopic (exact) mass is 549 g/mol. The van der Waals surface area contributed by atoms with Gasteiger partial charge in [0, 0.05) is 88.5 Å². The lowest BCUT2D eigenvalue weighted by Crippen LogP contribution is -2.47. The smallest absolute Gasteiger partial charge is 0.407 e. The summed E-state index contributed by atoms with van der Waals surface area (Å²) >= 11 is 3.72. The molecule has 1 aliphatic heterocycles. The van der Waals surface area contributed by atoms with E-state index in [1.54, 1.807) is 0 Å². The lowest BCUT2D eigenvalue weighted by molar-refractivity contribution is 0.0519. The van der Waals surface area contributed by atoms with Gasteiger partial charge in [0.25, 0.3) is 0 Å². The van der Waals surface area contributed by atoms with Crippen LogP contribution in [0, 0.1) is 0 Å². The first-order valence-electron chi connectivity index (χ1n) is 13.1. The summed E-state index contributed by atoms with van der Waals surface area (Å²) in [6, 6.07) is 0. The molecular formula is C25H51N5O4S2. The maximum absolute atomic E-state index is 11.8. The Hall–Kier alpha value is -0.880. The molecule has 0 spiro atoms. The van der Waals surface area contributed by atoms with Gasteiger partial charge in [-0.1, -0.05) is 0 Å². The molecule has 0 saturated carbocycles. The summed E-state index contributed by atoms with van der Waals surface area (Å²) < 4.78 is 10.6. The topological polar surface area (TPSA) is 86.4 Å². The Kier molecular flexibility index (Phi) is 16.2. The van der Waals surface area contributed by atoms with Crippen molar-refractivity contribution >= 4 is 35.7 Å². The van der Waals surface area contributed by atoms with E-state index in [-0.39, 0.29) is 12.2 Å². The molecule has 212 valence electrons. The van der Waals surface area contributed by atoms with Crippen LogP contribution in [0.3, 0.4) is 0 Å². The lowest BCUT2D eigenvalue weighted by Gasteiger charge is -2.34. The van der Waals surface area contributed by atoms with Crippen LogP contribution in [0.5, 0.6) is 0 Å². The van der Waals surface area contributed by atoms with Crippen molar-refractivity contribution in [2.45, 2.75) is 52.7 Å². The summed E-state index contributed by atoms with van der Waals surface area (Å²) in [5.41, 5.74) is -0.934. The van der Waals surface area contributed by atoms with Gasteiger partial charge in [-0.3, -0.25) is 4.90 Å². The Balaban J connectivity index is 2.27. The molecular weight excluding hydrogens is 498 g/mol. The minimum Gasteiger partial charge on any atom is -0.444 e. The zero-order valence-corrected chi connectivity index (χ0v) is 25.3. The van der Waals surface area contributed by atoms with Crippen LogP contribution in [0.25, 0.3) is 0 Å². The van der Waals surface area contributed by atoms with Crippen molar-refractivity contribution in [3.8, 4) is 0 Å². The summed E-state index contributed by atoms with van der Waals surface area (Å²) in [6.45, 7) is 21.2. The van der Waals surface area contributed by atoms with Crippen molar-refractivity contribution in [3.05, 3.63) is 0 Å². The first kappa shape index (κ1) is 33.1. The highest BCUT2D eigenvalue weighted by Crippen LogP contribution is 2.09. The summed E-state index contributed by atoms with van der Waals surface area (Å²) in [7, 11) is 2.19. The third-order valence-corrected chi connectivity index (χ3v) is 7.19. The molecule has 1 fully saturated rings. The maximum Gasteiger partial charge on any atom is 0.407 e. The molecule has 1 aliphatic rings. The summed E-state index contributed by atoms with van der Waals surface area (Å²) in [4.78, 5) is 31.0. The Morgan fingerprint density at radius 1 is 0.750 bits per heavy atom. The molecule has 0 aromatic carbocycles. The predicted octanol–water partition coefficient (Wildman–Crippen LogP) is 3.05. The minimum absolute atomic E-state index is 0.352. The van der Waals surface area contributed by atoms with Gasteiger partial charge in [-0.15, -0.1) is 0 Å². The van der Waals surface area contributed by atoms with Gasteiger partial charge < -0.3 is 29.9 Å². The van der Waals surface area contributed by atoms with Crippen LogP contribution in [-0.4, -0.2) is 134 Å². The molecule has 0 unspecified atom stereocenters. The summed E-state index contributed by atoms with van der Waals surface area (Å²) in [6.07, 6.45) is -0.704. The number of carbonyl (C=O) groups is 2. The van der Waals surface area contributed by atoms with Crippen LogP contribution in [0.15, 0.2) is 0 Å². The van der Waals surface area contributed by atoms with E-state index in [2.05, 4.69) is 32.4 Å². The normalized spacial score (nSPS) is 15.7. The number of likely N-dealkylation sites (N-methyl/N-ethyl adjacent to an activating group) is 1. The summed E-state index contributed by atoms with van der Waals surface area (Å²) in [5.74, 6) is 3.81. The molecule has 0 aromatic rings. The molecule has 2 amide bonds. The number of hydrogen-bond acceptors (Lipinski definition) is 9. The highest BCUT2D eigenvalue weighted by molar-refractivity contribution is 7.99. The number of carbonyl (C=O) groups excluding carboxylic acids is 2. The molecule has 2 N–H and O–H groups in total. The van der Waals surface area contributed by atoms with Crippen molar-refractivity contribution < 1.29 is 19.1 Å². The second-order valence-corrected chi connectivity index (χ2v) is 13.5. The molecule has 1 saturated heterocycles. The van der Waals surface area contributed by atoms with Crippen molar-refractivity contribution in [3.63, 3.8) is 0 Å². The highest BCUT2D eigenvalue weighted by atomic mass is 32.2. The molecule has 1 heterocycles. The number of rotatable bonds is 15. The Morgan fingerprint density at radius 2 is 1.19 bits per heavy atom. The van der Waals surface area contributed by atoms with Gasteiger partial charge in [-0.05, 0) is 48.6 Å². The molecule has 36 heavy (non-hydrogen) atoms. The van der Waals surface area contributed by atoms with Gasteiger partial charge in [0.1, 0.15) is 11.2 Å². The number of ether oxygens (including phenoxy) is 2. The average molecular weight is 550 g/mol. The number of nitrogens with zero attached hydrogens (tertiary/aromatic N) is 3. The van der Waals surface area contributed by atoms with Gasteiger partial charge in [0.15, 0.2) is 0 Å². The zero-order valence-electron chi connectivity index (χ0n) is 23.7. The SMILES string of the molecule is CN1CCN(CCN(CCSCCNC(=O)OC(C)(C)C)CCSCCNC(=O)OC(C)(C)C)CC1. The quantitative estimate of drug-likeness (QED) is 0.299. The molecule has 0 bridgehead atoms. The second kappa shape index (κ2) is 17.6. The number of amides is 2. The summed E-state index contributed by atoms with van der Waals surface area (Å²) in [5, 5.41) is 5.65. The van der Waals surface area contributed by atoms with Crippen molar-refractivity contribution in [1.29, 1.82) is 0 Å². The lowest BCUT2D eigenvalue weighted by atomic mass is 10.2. The molecule has 1 rings (SSSR count). The number of nitrogens with one attached hydrogen (secondary N) is 2. The Morgan fingerprint density at radius 3 is 1.61 bits per heavy atom. The zero-order chi connectivity index (χ0) is 27.0. The van der Waals surface area contributed by atoms with Crippen LogP contribution in [-0.2, 0) is 9.47 Å². The average Bonchev–Trinajstić information content (AvgIpc) is 2.74. The highest BCUT2D eigenvalue weighted by Gasteiger charge is 2.17. The molecule has 0 atom stereocenters. The fraction of sp³-hybridized carbons (Fsp3) is 0.920. The number of hydrogen-bond donors (Lipinski definition) is 2. The van der Waals surface area contributed by atoms with Gasteiger partial charge in [0.2, 0.25) is 0 Å². The fourth-order valence-electron chi connectivity index (χ4n) is 3.36. The first-order chi connectivity index (χ1) is 16.8. The molecule has 11 heteroatoms. The Labute approximate surface area is 228 Å². The standard InChI is InChI=1S/C25H51N5O4S2/c1-24(2,3)33-22(31)26-8-18-35-20-16-30(15-14-29-12-10-28(7)11-13-29)17-21-36-19-9-27-23(32)34-25(4,5)6/h8-21H2,1-7H3,(H,26,31)(H,27,32). The van der Waals surface area contributed by atoms with Gasteiger partial charge >= 0.3 is 12.2 Å². The molecule has 9 nitrogen and oxygen atoms in total. The van der Waals surface area contributed by atoms with E-state index in [1.807, 2.05) is 65.1 Å². The molecule has 0 radical (unpaired) electrons. The van der Waals surface area contributed by atoms with E-state index >= 15 is 0 Å². The van der Waals surface area contributed by atoms with Crippen LogP contribution in [0.2, 0.25) is 0 Å². The van der Waals surface area contributed by atoms with Crippen molar-refractivity contribution in [2.24, 2.45) is 0 Å². The third-order valence-electron chi connectivity index (χ3n) is 5.26. The largest absolute Gasteiger partial charge is 0.444 e. The van der Waals surface area contributed by atoms with Crippen LogP contribution < -0.4 is 10.6 Å². The van der Waals surface area contributed by atoms with Crippen LogP contribution in [0.4, 0.5) is 9.59 Å². The van der Waals surface area contributed by atoms with E-state index in [1.165, 1.54) is 0 Å². The Bertz CT molecular complexity index is 581. The van der Waals surface area contributed by atoms with Gasteiger partial charge in [0.05, 0.1) is 0 Å². The van der Waals surface area contributed by atoms with Crippen molar-refractivity contribution in [1.82, 2.24) is 25.3 Å². The second-order valence-electron chi connectivity index (χ2n) is 11.1. The minimum atomic E-state index is -0.467. The van der Waals surface area contributed by atoms with Crippen LogP contribution >= 0.6 is 23.5 Å².